The molecular formula is C16H16F3NO3. The van der Waals surface area contributed by atoms with Gasteiger partial charge in [0.2, 0.25) is 0 Å². The van der Waals surface area contributed by atoms with Crippen molar-refractivity contribution in [3.8, 4) is 0 Å². The summed E-state index contributed by atoms with van der Waals surface area (Å²) < 4.78 is 43.0. The molecule has 124 valence electrons. The van der Waals surface area contributed by atoms with E-state index in [0.717, 1.165) is 12.1 Å². The highest BCUT2D eigenvalue weighted by Gasteiger charge is 2.31. The number of furan rings is 1. The highest BCUT2D eigenvalue weighted by molar-refractivity contribution is 5.94. The van der Waals surface area contributed by atoms with Gasteiger partial charge in [0.1, 0.15) is 5.76 Å². The third-order valence-electron chi connectivity index (χ3n) is 3.22. The molecule has 2 rings (SSSR count). The number of carbonyl (C=O) groups excluding carboxylic acids is 1. The molecule has 0 spiro atoms. The molecule has 2 N–H and O–H groups in total. The first-order valence-electron chi connectivity index (χ1n) is 6.88. The van der Waals surface area contributed by atoms with Crippen molar-refractivity contribution in [1.29, 1.82) is 0 Å². The van der Waals surface area contributed by atoms with Crippen LogP contribution in [0.15, 0.2) is 47.1 Å². The Morgan fingerprint density at radius 1 is 1.26 bits per heavy atom. The van der Waals surface area contributed by atoms with Crippen molar-refractivity contribution in [2.45, 2.75) is 25.1 Å². The molecule has 1 aromatic heterocycles. The second-order valence-electron chi connectivity index (χ2n) is 5.51. The van der Waals surface area contributed by atoms with Gasteiger partial charge in [-0.25, -0.2) is 0 Å². The summed E-state index contributed by atoms with van der Waals surface area (Å²) in [5, 5.41) is 12.6. The summed E-state index contributed by atoms with van der Waals surface area (Å²) in [6.45, 7) is 1.38. The van der Waals surface area contributed by atoms with Gasteiger partial charge in [-0.1, -0.05) is 6.07 Å². The second-order valence-corrected chi connectivity index (χ2v) is 5.51. The third-order valence-corrected chi connectivity index (χ3v) is 3.22. The Balaban J connectivity index is 1.99. The number of hydrogen-bond donors (Lipinski definition) is 2. The number of nitrogens with one attached hydrogen (secondary N) is 1. The number of halogens is 3. The molecule has 0 saturated carbocycles. The van der Waals surface area contributed by atoms with Gasteiger partial charge in [-0.2, -0.15) is 13.2 Å². The fraction of sp³-hybridized carbons (Fsp3) is 0.312. The first-order valence-corrected chi connectivity index (χ1v) is 6.88. The Morgan fingerprint density at radius 3 is 2.61 bits per heavy atom. The maximum atomic E-state index is 12.6. The minimum Gasteiger partial charge on any atom is -0.469 e. The smallest absolute Gasteiger partial charge is 0.416 e. The van der Waals surface area contributed by atoms with E-state index in [9.17, 15) is 23.1 Å². The average molecular weight is 327 g/mol. The molecule has 1 aromatic carbocycles. The number of alkyl halides is 3. The van der Waals surface area contributed by atoms with Crippen LogP contribution in [-0.2, 0) is 12.6 Å². The highest BCUT2D eigenvalue weighted by Crippen LogP contribution is 2.29. The van der Waals surface area contributed by atoms with E-state index >= 15 is 0 Å². The summed E-state index contributed by atoms with van der Waals surface area (Å²) in [5.41, 5.74) is -2.30. The molecule has 1 atom stereocenters. The van der Waals surface area contributed by atoms with Crippen molar-refractivity contribution in [3.63, 3.8) is 0 Å². The molecule has 0 radical (unpaired) electrons. The van der Waals surface area contributed by atoms with Gasteiger partial charge in [0, 0.05) is 18.5 Å². The van der Waals surface area contributed by atoms with Crippen LogP contribution in [0.4, 0.5) is 13.2 Å². The van der Waals surface area contributed by atoms with E-state index in [1.165, 1.54) is 25.3 Å². The lowest BCUT2D eigenvalue weighted by Crippen LogP contribution is -2.42. The molecule has 0 fully saturated rings. The third kappa shape index (κ3) is 4.85. The number of carbonyl (C=O) groups is 1. The fourth-order valence-corrected chi connectivity index (χ4v) is 2.06. The van der Waals surface area contributed by atoms with Crippen LogP contribution in [0.5, 0.6) is 0 Å². The predicted octanol–water partition coefficient (Wildman–Crippen LogP) is 3.02. The zero-order valence-corrected chi connectivity index (χ0v) is 12.4. The molecule has 0 bridgehead atoms. The first kappa shape index (κ1) is 17.1. The maximum absolute atomic E-state index is 12.6. The van der Waals surface area contributed by atoms with Crippen molar-refractivity contribution < 1.29 is 27.5 Å². The Morgan fingerprint density at radius 2 is 2.00 bits per heavy atom. The van der Waals surface area contributed by atoms with Gasteiger partial charge >= 0.3 is 6.18 Å². The van der Waals surface area contributed by atoms with Crippen molar-refractivity contribution >= 4 is 5.91 Å². The van der Waals surface area contributed by atoms with Gasteiger partial charge in [0.15, 0.2) is 0 Å². The molecule has 7 heteroatoms. The van der Waals surface area contributed by atoms with Crippen LogP contribution in [0.3, 0.4) is 0 Å². The number of aliphatic hydroxyl groups is 1. The van der Waals surface area contributed by atoms with E-state index in [0.29, 0.717) is 5.76 Å². The summed E-state index contributed by atoms with van der Waals surface area (Å²) in [7, 11) is 0. The summed E-state index contributed by atoms with van der Waals surface area (Å²) in [6.07, 6.45) is -2.88. The lowest BCUT2D eigenvalue weighted by Gasteiger charge is -2.22. The maximum Gasteiger partial charge on any atom is 0.416 e. The van der Waals surface area contributed by atoms with E-state index in [4.69, 9.17) is 4.42 Å². The van der Waals surface area contributed by atoms with E-state index in [1.54, 1.807) is 12.1 Å². The van der Waals surface area contributed by atoms with Crippen LogP contribution >= 0.6 is 0 Å². The summed E-state index contributed by atoms with van der Waals surface area (Å²) in [5.74, 6) is -0.140. The van der Waals surface area contributed by atoms with E-state index < -0.39 is 23.2 Å². The van der Waals surface area contributed by atoms with Crippen LogP contribution in [0, 0.1) is 0 Å². The number of amides is 1. The van der Waals surface area contributed by atoms with E-state index in [2.05, 4.69) is 5.32 Å². The van der Waals surface area contributed by atoms with Gasteiger partial charge in [-0.05, 0) is 37.3 Å². The Bertz CT molecular complexity index is 663. The van der Waals surface area contributed by atoms with Crippen LogP contribution < -0.4 is 5.32 Å². The minimum atomic E-state index is -4.51. The Hall–Kier alpha value is -2.28. The summed E-state index contributed by atoms with van der Waals surface area (Å²) in [6, 6.07) is 7.47. The number of rotatable bonds is 5. The van der Waals surface area contributed by atoms with Gasteiger partial charge < -0.3 is 14.8 Å². The quantitative estimate of drug-likeness (QED) is 0.887. The van der Waals surface area contributed by atoms with E-state index in [1.807, 2.05) is 0 Å². The monoisotopic (exact) mass is 327 g/mol. The van der Waals surface area contributed by atoms with Gasteiger partial charge in [-0.15, -0.1) is 0 Å². The number of benzene rings is 1. The van der Waals surface area contributed by atoms with Crippen molar-refractivity contribution in [2.24, 2.45) is 0 Å². The molecular weight excluding hydrogens is 311 g/mol. The summed E-state index contributed by atoms with van der Waals surface area (Å²) >= 11 is 0. The number of hydrogen-bond acceptors (Lipinski definition) is 3. The average Bonchev–Trinajstić information content (AvgIpc) is 2.96. The fourth-order valence-electron chi connectivity index (χ4n) is 2.06. The molecule has 2 aromatic rings. The van der Waals surface area contributed by atoms with Crippen molar-refractivity contribution in [2.75, 3.05) is 6.54 Å². The van der Waals surface area contributed by atoms with Crippen LogP contribution in [-0.4, -0.2) is 23.2 Å². The molecule has 0 saturated heterocycles. The largest absolute Gasteiger partial charge is 0.469 e. The zero-order chi connectivity index (χ0) is 17.1. The lowest BCUT2D eigenvalue weighted by molar-refractivity contribution is -0.137. The van der Waals surface area contributed by atoms with Gasteiger partial charge in [-0.3, -0.25) is 4.79 Å². The van der Waals surface area contributed by atoms with Crippen molar-refractivity contribution in [1.82, 2.24) is 5.32 Å². The molecule has 1 amide bonds. The lowest BCUT2D eigenvalue weighted by atomic mass is 10.0. The first-order chi connectivity index (χ1) is 10.7. The normalized spacial score (nSPS) is 14.3. The van der Waals surface area contributed by atoms with Crippen LogP contribution in [0.25, 0.3) is 0 Å². The SMILES string of the molecule is C[C@](O)(CNC(=O)c1cccc(C(F)(F)F)c1)Cc1ccco1. The molecule has 0 aliphatic carbocycles. The van der Waals surface area contributed by atoms with E-state index in [-0.39, 0.29) is 18.5 Å². The molecule has 1 heterocycles. The van der Waals surface area contributed by atoms with Crippen LogP contribution in [0.2, 0.25) is 0 Å². The predicted molar refractivity (Wildman–Crippen MR) is 76.8 cm³/mol. The molecule has 0 aliphatic heterocycles. The van der Waals surface area contributed by atoms with Gasteiger partial charge in [0.05, 0.1) is 17.4 Å². The highest BCUT2D eigenvalue weighted by atomic mass is 19.4. The van der Waals surface area contributed by atoms with Crippen molar-refractivity contribution in [3.05, 3.63) is 59.5 Å². The second kappa shape index (κ2) is 6.45. The Labute approximate surface area is 130 Å². The summed E-state index contributed by atoms with van der Waals surface area (Å²) in [4.78, 5) is 12.0. The molecule has 4 nitrogen and oxygen atoms in total. The van der Waals surface area contributed by atoms with Crippen LogP contribution in [0.1, 0.15) is 28.6 Å². The Kier molecular flexibility index (Phi) is 4.79. The molecule has 0 unspecified atom stereocenters. The minimum absolute atomic E-state index is 0.117. The molecule has 23 heavy (non-hydrogen) atoms. The topological polar surface area (TPSA) is 62.5 Å². The zero-order valence-electron chi connectivity index (χ0n) is 12.4. The molecule has 0 aliphatic rings. The van der Waals surface area contributed by atoms with Gasteiger partial charge in [0.25, 0.3) is 5.91 Å². The standard InChI is InChI=1S/C16H16F3NO3/c1-15(22,9-13-6-3-7-23-13)10-20-14(21)11-4-2-5-12(8-11)16(17,18)19/h2-8,22H,9-10H2,1H3,(H,20,21)/t15-/m1/s1.